The van der Waals surface area contributed by atoms with Crippen molar-refractivity contribution < 1.29 is 17.9 Å². The summed E-state index contributed by atoms with van der Waals surface area (Å²) in [5.41, 5.74) is 0.897. The summed E-state index contributed by atoms with van der Waals surface area (Å²) in [4.78, 5) is 2.32. The van der Waals surface area contributed by atoms with E-state index in [1.165, 1.54) is 6.07 Å². The van der Waals surface area contributed by atoms with E-state index in [9.17, 15) is 13.2 Å². The van der Waals surface area contributed by atoms with Crippen LogP contribution in [0, 0.1) is 0 Å². The molecule has 1 aliphatic heterocycles. The summed E-state index contributed by atoms with van der Waals surface area (Å²) in [5, 5.41) is 3.26. The van der Waals surface area contributed by atoms with Crippen LogP contribution >= 0.6 is 36.4 Å². The molecular weight excluding hydrogens is 400 g/mol. The summed E-state index contributed by atoms with van der Waals surface area (Å²) >= 11 is 5.98. The van der Waals surface area contributed by atoms with Crippen molar-refractivity contribution in [2.24, 2.45) is 0 Å². The van der Waals surface area contributed by atoms with E-state index < -0.39 is 6.36 Å². The number of nitrogens with one attached hydrogen (secondary N) is 1. The number of hydrogen-bond acceptors (Lipinski definition) is 3. The van der Waals surface area contributed by atoms with Crippen LogP contribution in [0.2, 0.25) is 5.02 Å². The molecule has 0 unspecified atom stereocenters. The topological polar surface area (TPSA) is 24.5 Å². The third kappa shape index (κ3) is 7.62. The Bertz CT molecular complexity index is 538. The van der Waals surface area contributed by atoms with Gasteiger partial charge >= 0.3 is 6.36 Å². The lowest BCUT2D eigenvalue weighted by Gasteiger charge is -2.35. The van der Waals surface area contributed by atoms with Gasteiger partial charge in [-0.25, -0.2) is 0 Å². The van der Waals surface area contributed by atoms with Gasteiger partial charge in [-0.05, 0) is 30.5 Å². The summed E-state index contributed by atoms with van der Waals surface area (Å²) in [6, 6.07) is 4.61. The minimum atomic E-state index is -4.74. The third-order valence-electron chi connectivity index (χ3n) is 3.80. The van der Waals surface area contributed by atoms with Gasteiger partial charge in [0.2, 0.25) is 0 Å². The molecule has 1 fully saturated rings. The molecule has 0 spiro atoms. The van der Waals surface area contributed by atoms with Crippen LogP contribution in [0.25, 0.3) is 0 Å². The smallest absolute Gasteiger partial charge is 0.404 e. The molecule has 1 saturated heterocycles. The number of alkyl halides is 3. The molecule has 0 saturated carbocycles. The molecule has 1 heterocycles. The Balaban J connectivity index is 0.00000288. The highest BCUT2D eigenvalue weighted by Gasteiger charge is 2.32. The minimum Gasteiger partial charge on any atom is -0.404 e. The number of ether oxygens (including phenoxy) is 1. The van der Waals surface area contributed by atoms with Crippen LogP contribution in [0.15, 0.2) is 30.9 Å². The quantitative estimate of drug-likeness (QED) is 0.655. The van der Waals surface area contributed by atoms with E-state index >= 15 is 0 Å². The standard InChI is InChI=1S/C16H20ClF3N2O.2ClH/c1-2-3-4-14(22-9-7-21-8-10-22)12-5-6-15(13(17)11-12)23-16(18,19)20;;/h2,5-6,11,14,21H,1,3-4,7-10H2;2*1H/t14-;;/m0../s1. The first-order chi connectivity index (χ1) is 10.9. The van der Waals surface area contributed by atoms with Crippen LogP contribution in [0.5, 0.6) is 5.75 Å². The minimum absolute atomic E-state index is 0. The van der Waals surface area contributed by atoms with E-state index in [1.807, 2.05) is 6.08 Å². The molecule has 1 aliphatic rings. The van der Waals surface area contributed by atoms with Crippen molar-refractivity contribution in [1.29, 1.82) is 0 Å². The second-order valence-electron chi connectivity index (χ2n) is 5.41. The Morgan fingerprint density at radius 2 is 1.92 bits per heavy atom. The Morgan fingerprint density at radius 3 is 2.44 bits per heavy atom. The van der Waals surface area contributed by atoms with Crippen molar-refractivity contribution in [3.8, 4) is 5.75 Å². The van der Waals surface area contributed by atoms with Gasteiger partial charge in [-0.3, -0.25) is 4.90 Å². The van der Waals surface area contributed by atoms with E-state index in [0.717, 1.165) is 44.6 Å². The second kappa shape index (κ2) is 11.1. The van der Waals surface area contributed by atoms with Gasteiger partial charge in [-0.2, -0.15) is 0 Å². The van der Waals surface area contributed by atoms with E-state index in [1.54, 1.807) is 12.1 Å². The second-order valence-corrected chi connectivity index (χ2v) is 5.81. The van der Waals surface area contributed by atoms with E-state index in [0.29, 0.717) is 0 Å². The first kappa shape index (κ1) is 24.3. The molecule has 144 valence electrons. The normalized spacial score (nSPS) is 16.3. The lowest BCUT2D eigenvalue weighted by Crippen LogP contribution is -2.45. The fourth-order valence-corrected chi connectivity index (χ4v) is 2.99. The first-order valence-electron chi connectivity index (χ1n) is 7.51. The molecule has 1 atom stereocenters. The summed E-state index contributed by atoms with van der Waals surface area (Å²) in [6.45, 7) is 7.31. The summed E-state index contributed by atoms with van der Waals surface area (Å²) in [7, 11) is 0. The molecule has 9 heteroatoms. The largest absolute Gasteiger partial charge is 0.573 e. The van der Waals surface area contributed by atoms with Crippen molar-refractivity contribution in [2.75, 3.05) is 26.2 Å². The van der Waals surface area contributed by atoms with Crippen molar-refractivity contribution in [3.63, 3.8) is 0 Å². The average Bonchev–Trinajstić information content (AvgIpc) is 2.50. The number of hydrogen-bond donors (Lipinski definition) is 1. The summed E-state index contributed by atoms with van der Waals surface area (Å²) < 4.78 is 40.9. The highest BCUT2D eigenvalue weighted by atomic mass is 35.5. The zero-order chi connectivity index (χ0) is 16.9. The monoisotopic (exact) mass is 420 g/mol. The van der Waals surface area contributed by atoms with Crippen LogP contribution < -0.4 is 10.1 Å². The predicted octanol–water partition coefficient (Wildman–Crippen LogP) is 4.99. The maximum Gasteiger partial charge on any atom is 0.573 e. The molecule has 1 aromatic carbocycles. The fraction of sp³-hybridized carbons (Fsp3) is 0.500. The Labute approximate surface area is 163 Å². The number of rotatable bonds is 6. The fourth-order valence-electron chi connectivity index (χ4n) is 2.76. The van der Waals surface area contributed by atoms with Crippen LogP contribution in [0.3, 0.4) is 0 Å². The van der Waals surface area contributed by atoms with Crippen LogP contribution in [0.1, 0.15) is 24.4 Å². The molecule has 0 aromatic heterocycles. The number of benzene rings is 1. The Morgan fingerprint density at radius 1 is 1.28 bits per heavy atom. The van der Waals surface area contributed by atoms with E-state index in [-0.39, 0.29) is 41.6 Å². The number of allylic oxidation sites excluding steroid dienone is 1. The van der Waals surface area contributed by atoms with Gasteiger partial charge < -0.3 is 10.1 Å². The molecule has 1 aromatic rings. The summed E-state index contributed by atoms with van der Waals surface area (Å²) in [6.07, 6.45) is -1.23. The number of halogens is 6. The zero-order valence-corrected chi connectivity index (χ0v) is 15.9. The average molecular weight is 422 g/mol. The van der Waals surface area contributed by atoms with Crippen LogP contribution in [-0.4, -0.2) is 37.4 Å². The molecule has 0 aliphatic carbocycles. The molecule has 0 amide bonds. The SMILES string of the molecule is C=CCC[C@@H](c1ccc(OC(F)(F)F)c(Cl)c1)N1CCNCC1.Cl.Cl. The number of nitrogens with zero attached hydrogens (tertiary/aromatic N) is 1. The third-order valence-corrected chi connectivity index (χ3v) is 4.10. The summed E-state index contributed by atoms with van der Waals surface area (Å²) in [5.74, 6) is -0.370. The lowest BCUT2D eigenvalue weighted by molar-refractivity contribution is -0.274. The van der Waals surface area contributed by atoms with Crippen molar-refractivity contribution >= 4 is 36.4 Å². The molecule has 2 rings (SSSR count). The molecule has 3 nitrogen and oxygen atoms in total. The van der Waals surface area contributed by atoms with Gasteiger partial charge in [0.1, 0.15) is 5.75 Å². The van der Waals surface area contributed by atoms with Crippen LogP contribution in [0.4, 0.5) is 13.2 Å². The number of piperazine rings is 1. The molecule has 0 radical (unpaired) electrons. The Kier molecular flexibility index (Phi) is 10.8. The highest BCUT2D eigenvalue weighted by molar-refractivity contribution is 6.32. The maximum atomic E-state index is 12.3. The van der Waals surface area contributed by atoms with Gasteiger partial charge in [0.05, 0.1) is 5.02 Å². The lowest BCUT2D eigenvalue weighted by atomic mass is 9.99. The first-order valence-corrected chi connectivity index (χ1v) is 7.89. The van der Waals surface area contributed by atoms with Crippen molar-refractivity contribution in [3.05, 3.63) is 41.4 Å². The zero-order valence-electron chi connectivity index (χ0n) is 13.5. The van der Waals surface area contributed by atoms with Crippen molar-refractivity contribution in [2.45, 2.75) is 25.2 Å². The van der Waals surface area contributed by atoms with E-state index in [2.05, 4.69) is 21.5 Å². The maximum absolute atomic E-state index is 12.3. The molecular formula is C16H22Cl3F3N2O. The molecule has 1 N–H and O–H groups in total. The van der Waals surface area contributed by atoms with Gasteiger partial charge in [-0.15, -0.1) is 44.6 Å². The van der Waals surface area contributed by atoms with Gasteiger partial charge in [-0.1, -0.05) is 23.7 Å². The molecule has 0 bridgehead atoms. The van der Waals surface area contributed by atoms with Gasteiger partial charge in [0, 0.05) is 32.2 Å². The predicted molar refractivity (Wildman–Crippen MR) is 99.2 cm³/mol. The highest BCUT2D eigenvalue weighted by Crippen LogP contribution is 2.35. The molecule has 25 heavy (non-hydrogen) atoms. The van der Waals surface area contributed by atoms with Crippen molar-refractivity contribution in [1.82, 2.24) is 10.2 Å². The Hall–Kier alpha value is -0.660. The van der Waals surface area contributed by atoms with Gasteiger partial charge in [0.25, 0.3) is 0 Å². The van der Waals surface area contributed by atoms with Gasteiger partial charge in [0.15, 0.2) is 0 Å². The van der Waals surface area contributed by atoms with Crippen LogP contribution in [-0.2, 0) is 0 Å². The van der Waals surface area contributed by atoms with E-state index in [4.69, 9.17) is 11.6 Å².